The summed E-state index contributed by atoms with van der Waals surface area (Å²) in [4.78, 5) is 33.7. The maximum Gasteiger partial charge on any atom is 0.348 e. The van der Waals surface area contributed by atoms with E-state index in [-0.39, 0.29) is 22.3 Å². The monoisotopic (exact) mass is 349 g/mol. The molecule has 1 aromatic carbocycles. The molecule has 0 bridgehead atoms. The molecule has 0 fully saturated rings. The quantitative estimate of drug-likeness (QED) is 0.328. The summed E-state index contributed by atoms with van der Waals surface area (Å²) in [5.74, 6) is -0.254. The van der Waals surface area contributed by atoms with Gasteiger partial charge in [0, 0.05) is 17.2 Å². The van der Waals surface area contributed by atoms with E-state index in [4.69, 9.17) is 9.47 Å². The number of ether oxygens (including phenoxy) is 2. The lowest BCUT2D eigenvalue weighted by atomic mass is 10.1. The van der Waals surface area contributed by atoms with Gasteiger partial charge >= 0.3 is 11.0 Å². The maximum atomic E-state index is 12.0. The summed E-state index contributed by atoms with van der Waals surface area (Å²) < 4.78 is 10.6. The van der Waals surface area contributed by atoms with E-state index in [0.717, 1.165) is 11.3 Å². The summed E-state index contributed by atoms with van der Waals surface area (Å²) in [7, 11) is 0. The Labute approximate surface area is 142 Å². The third-order valence-electron chi connectivity index (χ3n) is 3.10. The molecule has 0 saturated heterocycles. The lowest BCUT2D eigenvalue weighted by molar-refractivity contribution is -0.380. The third kappa shape index (κ3) is 4.17. The highest BCUT2D eigenvalue weighted by Gasteiger charge is 2.17. The number of carbonyl (C=O) groups excluding carboxylic acids is 2. The van der Waals surface area contributed by atoms with Gasteiger partial charge in [-0.25, -0.2) is 4.79 Å². The van der Waals surface area contributed by atoms with Crippen LogP contribution in [0.2, 0.25) is 0 Å². The second-order valence-corrected chi connectivity index (χ2v) is 5.85. The number of esters is 1. The molecule has 0 radical (unpaired) electrons. The highest BCUT2D eigenvalue weighted by atomic mass is 32.1. The summed E-state index contributed by atoms with van der Waals surface area (Å²) in [6.45, 7) is 3.59. The molecule has 126 valence electrons. The van der Waals surface area contributed by atoms with Crippen LogP contribution >= 0.6 is 11.3 Å². The van der Waals surface area contributed by atoms with E-state index >= 15 is 0 Å². The number of ketones is 1. The number of hydrogen-bond donors (Lipinski definition) is 0. The molecule has 2 rings (SSSR count). The molecule has 2 aromatic rings. The summed E-state index contributed by atoms with van der Waals surface area (Å²) in [5.41, 5.74) is 1.04. The Kier molecular flexibility index (Phi) is 5.64. The molecule has 0 aliphatic rings. The minimum atomic E-state index is -0.663. The third-order valence-corrected chi connectivity index (χ3v) is 4.12. The number of Topliss-reactive ketones (excluding diaryl/α,β-unsaturated/α-hetero) is 1. The van der Waals surface area contributed by atoms with Gasteiger partial charge < -0.3 is 9.47 Å². The number of carbonyl (C=O) groups is 2. The van der Waals surface area contributed by atoms with Gasteiger partial charge in [0.2, 0.25) is 0 Å². The molecule has 7 nitrogen and oxygen atoms in total. The number of thiophene rings is 1. The molecular weight excluding hydrogens is 334 g/mol. The van der Waals surface area contributed by atoms with Crippen LogP contribution in [0.15, 0.2) is 30.3 Å². The molecule has 0 aliphatic carbocycles. The molecule has 0 unspecified atom stereocenters. The molecule has 0 saturated carbocycles. The van der Waals surface area contributed by atoms with Crippen molar-refractivity contribution in [2.75, 3.05) is 6.61 Å². The van der Waals surface area contributed by atoms with E-state index in [1.807, 2.05) is 6.92 Å². The Morgan fingerprint density at radius 2 is 2.00 bits per heavy atom. The van der Waals surface area contributed by atoms with Crippen molar-refractivity contribution in [2.45, 2.75) is 20.5 Å². The van der Waals surface area contributed by atoms with Crippen molar-refractivity contribution in [1.29, 1.82) is 0 Å². The molecule has 0 amide bonds. The van der Waals surface area contributed by atoms with Crippen molar-refractivity contribution >= 4 is 28.1 Å². The van der Waals surface area contributed by atoms with Crippen molar-refractivity contribution in [3.8, 4) is 5.75 Å². The number of hydrogen-bond acceptors (Lipinski definition) is 7. The fourth-order valence-electron chi connectivity index (χ4n) is 1.96. The molecule has 0 N–H and O–H groups in total. The standard InChI is InChI=1S/C16H15NO6S/c1-3-22-13-5-4-11(10(2)18)8-12(13)9-23-16(19)14-6-7-15(24-14)17(20)21/h4-8H,3,9H2,1-2H3. The molecular formula is C16H15NO6S. The van der Waals surface area contributed by atoms with Gasteiger partial charge in [0.05, 0.1) is 11.5 Å². The molecule has 0 atom stereocenters. The summed E-state index contributed by atoms with van der Waals surface area (Å²) in [6.07, 6.45) is 0. The summed E-state index contributed by atoms with van der Waals surface area (Å²) >= 11 is 0.748. The zero-order valence-corrected chi connectivity index (χ0v) is 13.9. The van der Waals surface area contributed by atoms with Gasteiger partial charge in [-0.05, 0) is 38.1 Å². The van der Waals surface area contributed by atoms with Crippen LogP contribution in [0.3, 0.4) is 0 Å². The highest BCUT2D eigenvalue weighted by molar-refractivity contribution is 7.17. The highest BCUT2D eigenvalue weighted by Crippen LogP contribution is 2.26. The van der Waals surface area contributed by atoms with Gasteiger partial charge in [-0.15, -0.1) is 0 Å². The molecule has 0 spiro atoms. The van der Waals surface area contributed by atoms with E-state index in [2.05, 4.69) is 0 Å². The molecule has 8 heteroatoms. The first kappa shape index (κ1) is 17.6. The maximum absolute atomic E-state index is 12.0. The van der Waals surface area contributed by atoms with E-state index in [0.29, 0.717) is 23.5 Å². The molecule has 0 aliphatic heterocycles. The van der Waals surface area contributed by atoms with Crippen LogP contribution < -0.4 is 4.74 Å². The van der Waals surface area contributed by atoms with Gasteiger partial charge in [0.15, 0.2) is 5.78 Å². The van der Waals surface area contributed by atoms with Crippen LogP contribution in [0.1, 0.15) is 39.4 Å². The van der Waals surface area contributed by atoms with Crippen molar-refractivity contribution in [3.63, 3.8) is 0 Å². The molecule has 1 aromatic heterocycles. The smallest absolute Gasteiger partial charge is 0.348 e. The van der Waals surface area contributed by atoms with Crippen LogP contribution in [0, 0.1) is 10.1 Å². The van der Waals surface area contributed by atoms with E-state index < -0.39 is 10.9 Å². The molecule has 1 heterocycles. The van der Waals surface area contributed by atoms with Crippen LogP contribution in [0.25, 0.3) is 0 Å². The van der Waals surface area contributed by atoms with Gasteiger partial charge in [0.1, 0.15) is 17.2 Å². The van der Waals surface area contributed by atoms with Gasteiger partial charge in [-0.1, -0.05) is 11.3 Å². The van der Waals surface area contributed by atoms with Crippen molar-refractivity contribution in [1.82, 2.24) is 0 Å². The second kappa shape index (κ2) is 7.69. The fourth-order valence-corrected chi connectivity index (χ4v) is 2.67. The first-order valence-electron chi connectivity index (χ1n) is 7.10. The average molecular weight is 349 g/mol. The van der Waals surface area contributed by atoms with Crippen molar-refractivity contribution in [2.24, 2.45) is 0 Å². The van der Waals surface area contributed by atoms with Crippen LogP contribution in [0.4, 0.5) is 5.00 Å². The lowest BCUT2D eigenvalue weighted by Crippen LogP contribution is -2.06. The van der Waals surface area contributed by atoms with E-state index in [1.54, 1.807) is 18.2 Å². The topological polar surface area (TPSA) is 95.7 Å². The average Bonchev–Trinajstić information content (AvgIpc) is 3.04. The summed E-state index contributed by atoms with van der Waals surface area (Å²) in [6, 6.07) is 7.50. The Bertz CT molecular complexity index is 783. The number of nitrogens with zero attached hydrogens (tertiary/aromatic N) is 1. The van der Waals surface area contributed by atoms with Gasteiger partial charge in [-0.2, -0.15) is 0 Å². The normalized spacial score (nSPS) is 10.2. The molecule has 24 heavy (non-hydrogen) atoms. The zero-order chi connectivity index (χ0) is 17.7. The first-order chi connectivity index (χ1) is 11.4. The lowest BCUT2D eigenvalue weighted by Gasteiger charge is -2.11. The van der Waals surface area contributed by atoms with E-state index in [9.17, 15) is 19.7 Å². The van der Waals surface area contributed by atoms with Crippen molar-refractivity contribution < 1.29 is 24.0 Å². The first-order valence-corrected chi connectivity index (χ1v) is 7.92. The predicted molar refractivity (Wildman–Crippen MR) is 87.7 cm³/mol. The Hall–Kier alpha value is -2.74. The zero-order valence-electron chi connectivity index (χ0n) is 13.1. The predicted octanol–water partition coefficient (Wildman–Crippen LogP) is 3.61. The van der Waals surface area contributed by atoms with E-state index in [1.165, 1.54) is 19.1 Å². The number of benzene rings is 1. The summed E-state index contributed by atoms with van der Waals surface area (Å²) in [5, 5.41) is 10.5. The number of nitro groups is 1. The van der Waals surface area contributed by atoms with Gasteiger partial charge in [-0.3, -0.25) is 14.9 Å². The fraction of sp³-hybridized carbons (Fsp3) is 0.250. The minimum Gasteiger partial charge on any atom is -0.493 e. The largest absolute Gasteiger partial charge is 0.493 e. The SMILES string of the molecule is CCOc1ccc(C(C)=O)cc1COC(=O)c1ccc([N+](=O)[O-])s1. The van der Waals surface area contributed by atoms with Crippen molar-refractivity contribution in [3.05, 3.63) is 56.5 Å². The van der Waals surface area contributed by atoms with Gasteiger partial charge in [0.25, 0.3) is 0 Å². The minimum absolute atomic E-state index is 0.0962. The van der Waals surface area contributed by atoms with Crippen LogP contribution in [0.5, 0.6) is 5.75 Å². The Morgan fingerprint density at radius 1 is 1.25 bits per heavy atom. The number of rotatable bonds is 7. The van der Waals surface area contributed by atoms with Crippen LogP contribution in [-0.2, 0) is 11.3 Å². The second-order valence-electron chi connectivity index (χ2n) is 4.78. The Balaban J connectivity index is 2.14. The Morgan fingerprint density at radius 3 is 2.58 bits per heavy atom. The van der Waals surface area contributed by atoms with Crippen LogP contribution in [-0.4, -0.2) is 23.3 Å².